The average molecular weight is 530 g/mol. The predicted octanol–water partition coefficient (Wildman–Crippen LogP) is 5.79. The molecule has 12 heteroatoms. The standard InChI is InChI=1S/C22H16ClN5O3S3/c23-19-9-8-17(28(30)31)10-16(19)11-24-25-20(29)13-33-22-27-26-21(34-22)32-12-15-6-3-5-14-4-1-2-7-18(14)15/h1-11H,12-13H2,(H,25,29). The van der Waals surface area contributed by atoms with Crippen LogP contribution in [0.25, 0.3) is 10.8 Å². The van der Waals surface area contributed by atoms with E-state index in [1.165, 1.54) is 63.8 Å². The van der Waals surface area contributed by atoms with Gasteiger partial charge < -0.3 is 0 Å². The fraction of sp³-hybridized carbons (Fsp3) is 0.0909. The van der Waals surface area contributed by atoms with Crippen LogP contribution in [0.3, 0.4) is 0 Å². The van der Waals surface area contributed by atoms with E-state index in [1.54, 1.807) is 11.8 Å². The lowest BCUT2D eigenvalue weighted by Crippen LogP contribution is -2.19. The molecular weight excluding hydrogens is 514 g/mol. The quantitative estimate of drug-likeness (QED) is 0.126. The summed E-state index contributed by atoms with van der Waals surface area (Å²) in [6, 6.07) is 18.5. The largest absolute Gasteiger partial charge is 0.272 e. The number of amides is 1. The van der Waals surface area contributed by atoms with Gasteiger partial charge in [0.15, 0.2) is 8.68 Å². The summed E-state index contributed by atoms with van der Waals surface area (Å²) in [6.45, 7) is 0. The molecule has 0 aliphatic heterocycles. The van der Waals surface area contributed by atoms with Crippen LogP contribution < -0.4 is 5.43 Å². The number of hydrogen-bond donors (Lipinski definition) is 1. The second kappa shape index (κ2) is 11.4. The van der Waals surface area contributed by atoms with E-state index in [1.807, 2.05) is 18.2 Å². The van der Waals surface area contributed by atoms with Crippen LogP contribution in [0.1, 0.15) is 11.1 Å². The van der Waals surface area contributed by atoms with Crippen molar-refractivity contribution in [2.45, 2.75) is 14.4 Å². The highest BCUT2D eigenvalue weighted by Gasteiger charge is 2.11. The van der Waals surface area contributed by atoms with E-state index >= 15 is 0 Å². The average Bonchev–Trinajstić information content (AvgIpc) is 3.30. The minimum absolute atomic E-state index is 0.0998. The van der Waals surface area contributed by atoms with E-state index in [2.05, 4.69) is 45.0 Å². The van der Waals surface area contributed by atoms with Crippen LogP contribution in [0.4, 0.5) is 5.69 Å². The molecule has 0 radical (unpaired) electrons. The number of aromatic nitrogens is 2. The molecule has 3 aromatic carbocycles. The van der Waals surface area contributed by atoms with Gasteiger partial charge in [0.05, 0.1) is 16.9 Å². The van der Waals surface area contributed by atoms with Gasteiger partial charge in [-0.1, -0.05) is 88.9 Å². The van der Waals surface area contributed by atoms with Gasteiger partial charge in [0, 0.05) is 28.5 Å². The maximum absolute atomic E-state index is 12.1. The number of halogens is 1. The van der Waals surface area contributed by atoms with Gasteiger partial charge >= 0.3 is 0 Å². The molecule has 0 aliphatic carbocycles. The van der Waals surface area contributed by atoms with Gasteiger partial charge in [-0.25, -0.2) is 5.43 Å². The Morgan fingerprint density at radius 3 is 2.71 bits per heavy atom. The minimum Gasteiger partial charge on any atom is -0.272 e. The molecule has 4 rings (SSSR count). The third-order valence-electron chi connectivity index (χ3n) is 4.53. The van der Waals surface area contributed by atoms with Gasteiger partial charge in [0.25, 0.3) is 11.6 Å². The molecule has 0 atom stereocenters. The first kappa shape index (κ1) is 24.1. The Morgan fingerprint density at radius 1 is 1.12 bits per heavy atom. The molecule has 0 unspecified atom stereocenters. The summed E-state index contributed by atoms with van der Waals surface area (Å²) in [7, 11) is 0. The maximum atomic E-state index is 12.1. The first-order chi connectivity index (χ1) is 16.5. The number of benzene rings is 3. The zero-order chi connectivity index (χ0) is 23.9. The zero-order valence-electron chi connectivity index (χ0n) is 17.4. The number of hydrogen-bond acceptors (Lipinski definition) is 9. The van der Waals surface area contributed by atoms with E-state index in [4.69, 9.17) is 11.6 Å². The van der Waals surface area contributed by atoms with Gasteiger partial charge in [-0.2, -0.15) is 5.10 Å². The van der Waals surface area contributed by atoms with Crippen molar-refractivity contribution in [3.8, 4) is 0 Å². The van der Waals surface area contributed by atoms with Crippen LogP contribution in [0, 0.1) is 10.1 Å². The molecular formula is C22H16ClN5O3S3. The van der Waals surface area contributed by atoms with Gasteiger partial charge in [0.1, 0.15) is 0 Å². The van der Waals surface area contributed by atoms with E-state index in [-0.39, 0.29) is 17.3 Å². The monoisotopic (exact) mass is 529 g/mol. The molecule has 1 heterocycles. The van der Waals surface area contributed by atoms with Crippen LogP contribution >= 0.6 is 46.5 Å². The molecule has 0 saturated heterocycles. The Labute approximate surface area is 212 Å². The number of nitrogens with one attached hydrogen (secondary N) is 1. The fourth-order valence-electron chi connectivity index (χ4n) is 2.95. The third-order valence-corrected chi connectivity index (χ3v) is 8.11. The molecule has 0 saturated carbocycles. The van der Waals surface area contributed by atoms with Crippen molar-refractivity contribution in [2.75, 3.05) is 5.75 Å². The lowest BCUT2D eigenvalue weighted by molar-refractivity contribution is -0.384. The predicted molar refractivity (Wildman–Crippen MR) is 138 cm³/mol. The molecule has 1 aromatic heterocycles. The van der Waals surface area contributed by atoms with Crippen LogP contribution in [0.5, 0.6) is 0 Å². The molecule has 4 aromatic rings. The second-order valence-electron chi connectivity index (χ2n) is 6.81. The van der Waals surface area contributed by atoms with Crippen molar-refractivity contribution in [1.29, 1.82) is 0 Å². The van der Waals surface area contributed by atoms with E-state index in [0.717, 1.165) is 10.1 Å². The summed E-state index contributed by atoms with van der Waals surface area (Å²) >= 11 is 10.3. The third kappa shape index (κ3) is 6.32. The normalized spacial score (nSPS) is 11.2. The van der Waals surface area contributed by atoms with Gasteiger partial charge in [-0.05, 0) is 22.4 Å². The summed E-state index contributed by atoms with van der Waals surface area (Å²) in [6.07, 6.45) is 1.27. The van der Waals surface area contributed by atoms with Crippen LogP contribution in [0.15, 0.2) is 74.4 Å². The molecule has 0 spiro atoms. The van der Waals surface area contributed by atoms with Gasteiger partial charge in [-0.15, -0.1) is 10.2 Å². The zero-order valence-corrected chi connectivity index (χ0v) is 20.6. The molecule has 1 amide bonds. The van der Waals surface area contributed by atoms with E-state index in [9.17, 15) is 14.9 Å². The first-order valence-corrected chi connectivity index (χ1v) is 13.0. The summed E-state index contributed by atoms with van der Waals surface area (Å²) in [5.41, 5.74) is 3.83. The van der Waals surface area contributed by atoms with Crippen molar-refractivity contribution in [3.63, 3.8) is 0 Å². The van der Waals surface area contributed by atoms with Crippen LogP contribution in [-0.4, -0.2) is 33.0 Å². The number of carbonyl (C=O) groups excluding carboxylic acids is 1. The Bertz CT molecular complexity index is 1370. The number of rotatable bonds is 9. The first-order valence-electron chi connectivity index (χ1n) is 9.81. The van der Waals surface area contributed by atoms with Gasteiger partial charge in [-0.3, -0.25) is 14.9 Å². The summed E-state index contributed by atoms with van der Waals surface area (Å²) in [5, 5.41) is 25.8. The SMILES string of the molecule is O=C(CSc1nnc(SCc2cccc3ccccc23)s1)NN=Cc1cc([N+](=O)[O-])ccc1Cl. The van der Waals surface area contributed by atoms with Crippen molar-refractivity contribution >= 4 is 75.0 Å². The van der Waals surface area contributed by atoms with Crippen LogP contribution in [-0.2, 0) is 10.5 Å². The molecule has 172 valence electrons. The smallest absolute Gasteiger partial charge is 0.270 e. The summed E-state index contributed by atoms with van der Waals surface area (Å²) in [5.74, 6) is 0.529. The topological polar surface area (TPSA) is 110 Å². The van der Waals surface area contributed by atoms with Crippen molar-refractivity contribution < 1.29 is 9.72 Å². The van der Waals surface area contributed by atoms with Gasteiger partial charge in [0.2, 0.25) is 0 Å². The lowest BCUT2D eigenvalue weighted by Gasteiger charge is -2.04. The van der Waals surface area contributed by atoms with Crippen molar-refractivity contribution in [2.24, 2.45) is 5.10 Å². The molecule has 0 bridgehead atoms. The van der Waals surface area contributed by atoms with Crippen molar-refractivity contribution in [1.82, 2.24) is 15.6 Å². The van der Waals surface area contributed by atoms with Crippen LogP contribution in [0.2, 0.25) is 5.02 Å². The molecule has 1 N–H and O–H groups in total. The summed E-state index contributed by atoms with van der Waals surface area (Å²) < 4.78 is 1.51. The number of fused-ring (bicyclic) bond motifs is 1. The number of nitrogens with zero attached hydrogens (tertiary/aromatic N) is 4. The fourth-order valence-corrected chi connectivity index (χ4v) is 5.93. The number of hydrazone groups is 1. The second-order valence-corrected chi connectivity index (χ2v) is 10.6. The van der Waals surface area contributed by atoms with Crippen molar-refractivity contribution in [3.05, 3.63) is 86.9 Å². The number of nitro benzene ring substituents is 1. The number of carbonyl (C=O) groups is 1. The Kier molecular flexibility index (Phi) is 8.12. The number of non-ortho nitro benzene ring substituents is 1. The Hall–Kier alpha value is -2.99. The Morgan fingerprint density at radius 2 is 1.88 bits per heavy atom. The molecule has 0 aliphatic rings. The highest BCUT2D eigenvalue weighted by molar-refractivity contribution is 8.03. The summed E-state index contributed by atoms with van der Waals surface area (Å²) in [4.78, 5) is 22.4. The molecule has 34 heavy (non-hydrogen) atoms. The maximum Gasteiger partial charge on any atom is 0.270 e. The molecule has 8 nitrogen and oxygen atoms in total. The Balaban J connectivity index is 1.27. The lowest BCUT2D eigenvalue weighted by atomic mass is 10.1. The van der Waals surface area contributed by atoms with E-state index < -0.39 is 4.92 Å². The molecule has 0 fully saturated rings. The minimum atomic E-state index is -0.528. The number of thioether (sulfide) groups is 2. The van der Waals surface area contributed by atoms with E-state index in [0.29, 0.717) is 14.9 Å². The number of nitro groups is 1. The highest BCUT2D eigenvalue weighted by Crippen LogP contribution is 2.32. The highest BCUT2D eigenvalue weighted by atomic mass is 35.5.